The third-order valence-corrected chi connectivity index (χ3v) is 3.50. The highest BCUT2D eigenvalue weighted by Crippen LogP contribution is 2.26. The molecule has 1 N–H and O–H groups in total. The van der Waals surface area contributed by atoms with Gasteiger partial charge in [0.1, 0.15) is 18.0 Å². The number of rotatable bonds is 6. The number of hydrogen-bond acceptors (Lipinski definition) is 6. The quantitative estimate of drug-likeness (QED) is 0.749. The number of aromatic nitrogens is 2. The van der Waals surface area contributed by atoms with Crippen molar-refractivity contribution in [2.75, 3.05) is 7.11 Å². The smallest absolute Gasteiger partial charge is 0.240 e. The molecule has 3 aromatic rings. The zero-order chi connectivity index (χ0) is 15.5. The molecule has 0 saturated heterocycles. The molecule has 0 saturated carbocycles. The molecular weight excluding hydrogens is 306 g/mol. The molecule has 22 heavy (non-hydrogen) atoms. The molecule has 1 aromatic carbocycles. The number of furan rings is 1. The van der Waals surface area contributed by atoms with Gasteiger partial charge in [-0.15, -0.1) is 0 Å². The van der Waals surface area contributed by atoms with Crippen LogP contribution in [0.5, 0.6) is 0 Å². The van der Waals surface area contributed by atoms with Crippen LogP contribution in [0.1, 0.15) is 30.4 Å². The van der Waals surface area contributed by atoms with E-state index in [1.165, 1.54) is 0 Å². The lowest BCUT2D eigenvalue weighted by Crippen LogP contribution is -2.17. The van der Waals surface area contributed by atoms with Crippen molar-refractivity contribution in [1.82, 2.24) is 15.5 Å². The summed E-state index contributed by atoms with van der Waals surface area (Å²) in [5.41, 5.74) is 0.813. The Labute approximate surface area is 132 Å². The van der Waals surface area contributed by atoms with E-state index in [0.717, 1.165) is 16.7 Å². The third-order valence-electron chi connectivity index (χ3n) is 3.27. The van der Waals surface area contributed by atoms with Crippen LogP contribution in [-0.4, -0.2) is 17.3 Å². The van der Waals surface area contributed by atoms with Crippen molar-refractivity contribution < 1.29 is 13.7 Å². The monoisotopic (exact) mass is 321 g/mol. The molecule has 0 aliphatic carbocycles. The Hall–Kier alpha value is -1.89. The molecule has 0 fully saturated rings. The van der Waals surface area contributed by atoms with Crippen LogP contribution in [-0.2, 0) is 17.9 Å². The SMILES string of the molecule is COCc1noc(CNC(C)c2cc3cc(Cl)ccc3o2)n1. The molecule has 0 bridgehead atoms. The molecule has 7 heteroatoms. The highest BCUT2D eigenvalue weighted by Gasteiger charge is 2.13. The number of methoxy groups -OCH3 is 1. The largest absolute Gasteiger partial charge is 0.459 e. The summed E-state index contributed by atoms with van der Waals surface area (Å²) in [6.07, 6.45) is 0. The maximum absolute atomic E-state index is 5.98. The van der Waals surface area contributed by atoms with Crippen molar-refractivity contribution in [3.8, 4) is 0 Å². The topological polar surface area (TPSA) is 73.3 Å². The molecule has 0 aliphatic rings. The van der Waals surface area contributed by atoms with Crippen LogP contribution in [0.25, 0.3) is 11.0 Å². The molecular formula is C15H16ClN3O3. The van der Waals surface area contributed by atoms with E-state index < -0.39 is 0 Å². The van der Waals surface area contributed by atoms with E-state index in [2.05, 4.69) is 15.5 Å². The van der Waals surface area contributed by atoms with E-state index >= 15 is 0 Å². The molecule has 116 valence electrons. The maximum atomic E-state index is 5.98. The number of fused-ring (bicyclic) bond motifs is 1. The summed E-state index contributed by atoms with van der Waals surface area (Å²) in [6, 6.07) is 7.53. The highest BCUT2D eigenvalue weighted by molar-refractivity contribution is 6.31. The number of nitrogens with one attached hydrogen (secondary N) is 1. The normalized spacial score (nSPS) is 12.9. The summed E-state index contributed by atoms with van der Waals surface area (Å²) >= 11 is 5.98. The summed E-state index contributed by atoms with van der Waals surface area (Å²) in [4.78, 5) is 4.21. The molecule has 2 heterocycles. The van der Waals surface area contributed by atoms with Crippen molar-refractivity contribution >= 4 is 22.6 Å². The zero-order valence-electron chi connectivity index (χ0n) is 12.3. The molecule has 1 atom stereocenters. The van der Waals surface area contributed by atoms with Crippen LogP contribution < -0.4 is 5.32 Å². The molecule has 0 spiro atoms. The number of halogens is 1. The Morgan fingerprint density at radius 1 is 1.36 bits per heavy atom. The first-order chi connectivity index (χ1) is 10.7. The van der Waals surface area contributed by atoms with Crippen molar-refractivity contribution in [2.45, 2.75) is 26.1 Å². The van der Waals surface area contributed by atoms with Gasteiger partial charge in [-0.1, -0.05) is 16.8 Å². The summed E-state index contributed by atoms with van der Waals surface area (Å²) < 4.78 is 15.9. The second kappa shape index (κ2) is 6.48. The van der Waals surface area contributed by atoms with Gasteiger partial charge in [-0.2, -0.15) is 4.98 Å². The van der Waals surface area contributed by atoms with Crippen molar-refractivity contribution in [3.05, 3.63) is 46.8 Å². The minimum atomic E-state index is 0.00366. The lowest BCUT2D eigenvalue weighted by atomic mass is 10.2. The predicted molar refractivity (Wildman–Crippen MR) is 81.5 cm³/mol. The Balaban J connectivity index is 1.65. The van der Waals surface area contributed by atoms with E-state index in [4.69, 9.17) is 25.3 Å². The predicted octanol–water partition coefficient (Wildman–Crippen LogP) is 3.47. The standard InChI is InChI=1S/C15H16ClN3O3/c1-9(17-7-15-18-14(8-20-2)19-22-15)13-6-10-5-11(16)3-4-12(10)21-13/h3-6,9,17H,7-8H2,1-2H3. The fourth-order valence-corrected chi connectivity index (χ4v) is 2.32. The number of benzene rings is 1. The second-order valence-corrected chi connectivity index (χ2v) is 5.41. The second-order valence-electron chi connectivity index (χ2n) is 4.97. The van der Waals surface area contributed by atoms with Gasteiger partial charge in [0.2, 0.25) is 5.89 Å². The van der Waals surface area contributed by atoms with Crippen LogP contribution in [0.3, 0.4) is 0 Å². The molecule has 0 aliphatic heterocycles. The van der Waals surface area contributed by atoms with E-state index in [1.807, 2.05) is 31.2 Å². The van der Waals surface area contributed by atoms with Gasteiger partial charge in [-0.25, -0.2) is 0 Å². The first kappa shape index (κ1) is 15.0. The van der Waals surface area contributed by atoms with Crippen LogP contribution >= 0.6 is 11.6 Å². The number of ether oxygens (including phenoxy) is 1. The van der Waals surface area contributed by atoms with Crippen molar-refractivity contribution in [3.63, 3.8) is 0 Å². The average molecular weight is 322 g/mol. The van der Waals surface area contributed by atoms with Crippen LogP contribution in [0.2, 0.25) is 5.02 Å². The van der Waals surface area contributed by atoms with E-state index in [0.29, 0.717) is 29.9 Å². The Morgan fingerprint density at radius 3 is 3.05 bits per heavy atom. The van der Waals surface area contributed by atoms with Gasteiger partial charge in [-0.3, -0.25) is 5.32 Å². The molecule has 2 aromatic heterocycles. The minimum Gasteiger partial charge on any atom is -0.459 e. The Morgan fingerprint density at radius 2 is 2.23 bits per heavy atom. The van der Waals surface area contributed by atoms with Gasteiger partial charge in [0.05, 0.1) is 12.6 Å². The van der Waals surface area contributed by atoms with E-state index in [1.54, 1.807) is 7.11 Å². The van der Waals surface area contributed by atoms with Crippen molar-refractivity contribution in [1.29, 1.82) is 0 Å². The summed E-state index contributed by atoms with van der Waals surface area (Å²) in [5.74, 6) is 1.87. The van der Waals surface area contributed by atoms with Crippen LogP contribution in [0.15, 0.2) is 33.2 Å². The first-order valence-corrected chi connectivity index (χ1v) is 7.26. The molecule has 1 unspecified atom stereocenters. The van der Waals surface area contributed by atoms with E-state index in [-0.39, 0.29) is 6.04 Å². The molecule has 0 radical (unpaired) electrons. The van der Waals surface area contributed by atoms with Gasteiger partial charge in [-0.05, 0) is 31.2 Å². The van der Waals surface area contributed by atoms with Gasteiger partial charge in [0.25, 0.3) is 0 Å². The maximum Gasteiger partial charge on any atom is 0.240 e. The lowest BCUT2D eigenvalue weighted by molar-refractivity contribution is 0.174. The van der Waals surface area contributed by atoms with Gasteiger partial charge in [0, 0.05) is 17.5 Å². The van der Waals surface area contributed by atoms with Crippen LogP contribution in [0, 0.1) is 0 Å². The van der Waals surface area contributed by atoms with Gasteiger partial charge < -0.3 is 13.7 Å². The Kier molecular flexibility index (Phi) is 4.42. The fourth-order valence-electron chi connectivity index (χ4n) is 2.14. The molecule has 6 nitrogen and oxygen atoms in total. The first-order valence-electron chi connectivity index (χ1n) is 6.88. The summed E-state index contributed by atoms with van der Waals surface area (Å²) in [7, 11) is 1.59. The lowest BCUT2D eigenvalue weighted by Gasteiger charge is -2.08. The minimum absolute atomic E-state index is 0.00366. The summed E-state index contributed by atoms with van der Waals surface area (Å²) in [5, 5.41) is 8.77. The Bertz CT molecular complexity index is 768. The molecule has 3 rings (SSSR count). The van der Waals surface area contributed by atoms with E-state index in [9.17, 15) is 0 Å². The van der Waals surface area contributed by atoms with Crippen LogP contribution in [0.4, 0.5) is 0 Å². The summed E-state index contributed by atoms with van der Waals surface area (Å²) in [6.45, 7) is 2.80. The van der Waals surface area contributed by atoms with Crippen molar-refractivity contribution in [2.24, 2.45) is 0 Å². The highest BCUT2D eigenvalue weighted by atomic mass is 35.5. The fraction of sp³-hybridized carbons (Fsp3) is 0.333. The van der Waals surface area contributed by atoms with Gasteiger partial charge in [0.15, 0.2) is 5.82 Å². The third kappa shape index (κ3) is 3.30. The molecule has 0 amide bonds. The average Bonchev–Trinajstić information content (AvgIpc) is 3.11. The zero-order valence-corrected chi connectivity index (χ0v) is 13.1. The number of nitrogens with zero attached hydrogens (tertiary/aromatic N) is 2. The van der Waals surface area contributed by atoms with Gasteiger partial charge >= 0.3 is 0 Å². The number of hydrogen-bond donors (Lipinski definition) is 1.